The van der Waals surface area contributed by atoms with Gasteiger partial charge in [0.2, 0.25) is 0 Å². The molecule has 0 bridgehead atoms. The van der Waals surface area contributed by atoms with Crippen LogP contribution in [0.1, 0.15) is 16.2 Å². The van der Waals surface area contributed by atoms with E-state index in [9.17, 15) is 4.79 Å². The largest absolute Gasteiger partial charge is 0.345 e. The van der Waals surface area contributed by atoms with E-state index in [4.69, 9.17) is 0 Å². The standard InChI is InChI=1S/C8H13N5O/c1-5-7(11-12-13(5)2)8(14)10-6-3-9-4-6/h6,9H,3-4H2,1-2H3,(H,10,14). The van der Waals surface area contributed by atoms with Gasteiger partial charge in [0.05, 0.1) is 11.7 Å². The molecule has 1 aromatic heterocycles. The number of amides is 1. The highest BCUT2D eigenvalue weighted by Gasteiger charge is 2.22. The highest BCUT2D eigenvalue weighted by atomic mass is 16.2. The lowest BCUT2D eigenvalue weighted by Crippen LogP contribution is -2.57. The SMILES string of the molecule is Cc1c(C(=O)NC2CNC2)nnn1C. The molecule has 1 fully saturated rings. The number of nitrogens with zero attached hydrogens (tertiary/aromatic N) is 3. The lowest BCUT2D eigenvalue weighted by molar-refractivity contribution is 0.0918. The Balaban J connectivity index is 2.06. The maximum atomic E-state index is 11.6. The van der Waals surface area contributed by atoms with Crippen molar-refractivity contribution in [3.05, 3.63) is 11.4 Å². The summed E-state index contributed by atoms with van der Waals surface area (Å²) in [5.74, 6) is -0.137. The van der Waals surface area contributed by atoms with Gasteiger partial charge < -0.3 is 10.6 Å². The summed E-state index contributed by atoms with van der Waals surface area (Å²) in [5, 5.41) is 13.5. The molecule has 1 aromatic rings. The molecule has 1 amide bonds. The van der Waals surface area contributed by atoms with Gasteiger partial charge in [-0.05, 0) is 6.92 Å². The van der Waals surface area contributed by atoms with Gasteiger partial charge >= 0.3 is 0 Å². The van der Waals surface area contributed by atoms with Gasteiger partial charge in [-0.25, -0.2) is 0 Å². The van der Waals surface area contributed by atoms with Crippen LogP contribution in [-0.2, 0) is 7.05 Å². The molecular formula is C8H13N5O. The van der Waals surface area contributed by atoms with E-state index >= 15 is 0 Å². The van der Waals surface area contributed by atoms with E-state index in [0.717, 1.165) is 18.8 Å². The average molecular weight is 195 g/mol. The number of aryl methyl sites for hydroxylation is 1. The second-order valence-corrected chi connectivity index (χ2v) is 3.48. The summed E-state index contributed by atoms with van der Waals surface area (Å²) < 4.78 is 1.59. The quantitative estimate of drug-likeness (QED) is 0.623. The summed E-state index contributed by atoms with van der Waals surface area (Å²) in [7, 11) is 1.77. The zero-order chi connectivity index (χ0) is 10.1. The first kappa shape index (κ1) is 9.14. The molecule has 0 unspecified atom stereocenters. The third-order valence-electron chi connectivity index (χ3n) is 2.44. The van der Waals surface area contributed by atoms with Gasteiger partial charge in [0.15, 0.2) is 5.69 Å². The predicted octanol–water partition coefficient (Wildman–Crippen LogP) is -1.17. The summed E-state index contributed by atoms with van der Waals surface area (Å²) in [6.07, 6.45) is 0. The van der Waals surface area contributed by atoms with Gasteiger partial charge in [0, 0.05) is 20.1 Å². The maximum Gasteiger partial charge on any atom is 0.274 e. The number of carbonyl (C=O) groups is 1. The van der Waals surface area contributed by atoms with E-state index in [1.807, 2.05) is 6.92 Å². The van der Waals surface area contributed by atoms with E-state index in [1.54, 1.807) is 11.7 Å². The molecule has 14 heavy (non-hydrogen) atoms. The van der Waals surface area contributed by atoms with Crippen LogP contribution in [0.25, 0.3) is 0 Å². The predicted molar refractivity (Wildman–Crippen MR) is 49.9 cm³/mol. The Kier molecular flexibility index (Phi) is 2.20. The second kappa shape index (κ2) is 3.38. The fourth-order valence-electron chi connectivity index (χ4n) is 1.26. The van der Waals surface area contributed by atoms with E-state index in [0.29, 0.717) is 5.69 Å². The smallest absolute Gasteiger partial charge is 0.274 e. The molecule has 2 N–H and O–H groups in total. The van der Waals surface area contributed by atoms with Crippen LogP contribution >= 0.6 is 0 Å². The van der Waals surface area contributed by atoms with Crippen LogP contribution in [0.5, 0.6) is 0 Å². The topological polar surface area (TPSA) is 71.8 Å². The van der Waals surface area contributed by atoms with Crippen molar-refractivity contribution in [1.82, 2.24) is 25.6 Å². The maximum absolute atomic E-state index is 11.6. The van der Waals surface area contributed by atoms with Crippen LogP contribution in [0.3, 0.4) is 0 Å². The van der Waals surface area contributed by atoms with Crippen LogP contribution < -0.4 is 10.6 Å². The fraction of sp³-hybridized carbons (Fsp3) is 0.625. The van der Waals surface area contributed by atoms with E-state index in [2.05, 4.69) is 20.9 Å². The third kappa shape index (κ3) is 1.48. The number of aromatic nitrogens is 3. The molecule has 0 aliphatic carbocycles. The number of hydrogen-bond donors (Lipinski definition) is 2. The van der Waals surface area contributed by atoms with Gasteiger partial charge in [-0.1, -0.05) is 5.21 Å². The van der Waals surface area contributed by atoms with Gasteiger partial charge in [0.25, 0.3) is 5.91 Å². The van der Waals surface area contributed by atoms with Crippen molar-refractivity contribution in [2.24, 2.45) is 7.05 Å². The molecule has 2 rings (SSSR count). The summed E-state index contributed by atoms with van der Waals surface area (Å²) in [4.78, 5) is 11.6. The van der Waals surface area contributed by atoms with E-state index in [-0.39, 0.29) is 11.9 Å². The lowest BCUT2D eigenvalue weighted by Gasteiger charge is -2.27. The second-order valence-electron chi connectivity index (χ2n) is 3.48. The summed E-state index contributed by atoms with van der Waals surface area (Å²) in [5.41, 5.74) is 1.20. The summed E-state index contributed by atoms with van der Waals surface area (Å²) in [6, 6.07) is 0.240. The Morgan fingerprint density at radius 1 is 1.64 bits per heavy atom. The zero-order valence-corrected chi connectivity index (χ0v) is 8.24. The molecule has 0 radical (unpaired) electrons. The third-order valence-corrected chi connectivity index (χ3v) is 2.44. The van der Waals surface area contributed by atoms with Gasteiger partial charge in [0.1, 0.15) is 0 Å². The van der Waals surface area contributed by atoms with E-state index in [1.165, 1.54) is 0 Å². The van der Waals surface area contributed by atoms with Crippen molar-refractivity contribution in [1.29, 1.82) is 0 Å². The van der Waals surface area contributed by atoms with Crippen LogP contribution in [-0.4, -0.2) is 40.0 Å². The number of hydrogen-bond acceptors (Lipinski definition) is 4. The molecule has 6 nitrogen and oxygen atoms in total. The summed E-state index contributed by atoms with van der Waals surface area (Å²) in [6.45, 7) is 3.50. The molecule has 6 heteroatoms. The number of nitrogens with one attached hydrogen (secondary N) is 2. The van der Waals surface area contributed by atoms with Gasteiger partial charge in [-0.15, -0.1) is 5.10 Å². The van der Waals surface area contributed by atoms with Crippen molar-refractivity contribution in [2.75, 3.05) is 13.1 Å². The summed E-state index contributed by atoms with van der Waals surface area (Å²) >= 11 is 0. The normalized spacial score (nSPS) is 16.4. The Hall–Kier alpha value is -1.43. The van der Waals surface area contributed by atoms with Crippen molar-refractivity contribution in [3.8, 4) is 0 Å². The fourth-order valence-corrected chi connectivity index (χ4v) is 1.26. The molecule has 1 aliphatic heterocycles. The van der Waals surface area contributed by atoms with Crippen molar-refractivity contribution in [2.45, 2.75) is 13.0 Å². The molecular weight excluding hydrogens is 182 g/mol. The van der Waals surface area contributed by atoms with Crippen LogP contribution in [0.4, 0.5) is 0 Å². The molecule has 0 spiro atoms. The molecule has 0 atom stereocenters. The Labute approximate surface area is 81.7 Å². The number of rotatable bonds is 2. The first-order chi connectivity index (χ1) is 6.68. The van der Waals surface area contributed by atoms with Gasteiger partial charge in [-0.3, -0.25) is 9.48 Å². The highest BCUT2D eigenvalue weighted by Crippen LogP contribution is 2.02. The van der Waals surface area contributed by atoms with Crippen molar-refractivity contribution >= 4 is 5.91 Å². The van der Waals surface area contributed by atoms with Crippen LogP contribution in [0, 0.1) is 6.92 Å². The monoisotopic (exact) mass is 195 g/mol. The van der Waals surface area contributed by atoms with Gasteiger partial charge in [-0.2, -0.15) is 0 Å². The minimum Gasteiger partial charge on any atom is -0.345 e. The highest BCUT2D eigenvalue weighted by molar-refractivity contribution is 5.93. The van der Waals surface area contributed by atoms with Crippen LogP contribution in [0.2, 0.25) is 0 Å². The van der Waals surface area contributed by atoms with Crippen molar-refractivity contribution < 1.29 is 4.79 Å². The Morgan fingerprint density at radius 3 is 2.79 bits per heavy atom. The average Bonchev–Trinajstić information content (AvgIpc) is 2.41. The van der Waals surface area contributed by atoms with Crippen molar-refractivity contribution in [3.63, 3.8) is 0 Å². The minimum absolute atomic E-state index is 0.137. The zero-order valence-electron chi connectivity index (χ0n) is 8.24. The first-order valence-electron chi connectivity index (χ1n) is 4.56. The van der Waals surface area contributed by atoms with Crippen LogP contribution in [0.15, 0.2) is 0 Å². The Morgan fingerprint density at radius 2 is 2.36 bits per heavy atom. The number of carbonyl (C=O) groups excluding carboxylic acids is 1. The van der Waals surface area contributed by atoms with E-state index < -0.39 is 0 Å². The Bertz CT molecular complexity index is 355. The minimum atomic E-state index is -0.137. The molecule has 0 saturated carbocycles. The molecule has 0 aromatic carbocycles. The molecule has 1 aliphatic rings. The molecule has 2 heterocycles. The first-order valence-corrected chi connectivity index (χ1v) is 4.56. The molecule has 76 valence electrons. The lowest BCUT2D eigenvalue weighted by atomic mass is 10.2. The molecule has 1 saturated heterocycles.